The van der Waals surface area contributed by atoms with Crippen LogP contribution in [0.25, 0.3) is 0 Å². The average molecular weight is 412 g/mol. The largest absolute Gasteiger partial charge is 0.337 e. The van der Waals surface area contributed by atoms with Crippen LogP contribution in [0, 0.1) is 6.92 Å². The molecule has 4 rings (SSSR count). The van der Waals surface area contributed by atoms with Gasteiger partial charge in [0.25, 0.3) is 15.9 Å². The van der Waals surface area contributed by atoms with Crippen molar-refractivity contribution in [1.82, 2.24) is 4.90 Å². The van der Waals surface area contributed by atoms with Crippen LogP contribution in [0.1, 0.15) is 47.2 Å². The second kappa shape index (κ2) is 7.63. The van der Waals surface area contributed by atoms with Crippen LogP contribution < -0.4 is 4.90 Å². The minimum absolute atomic E-state index is 0.123. The number of sulfonamides is 1. The summed E-state index contributed by atoms with van der Waals surface area (Å²) in [5, 5.41) is 0. The summed E-state index contributed by atoms with van der Waals surface area (Å²) in [7, 11) is -2.07. The number of carbonyl (C=O) groups is 1. The lowest BCUT2D eigenvalue weighted by Gasteiger charge is -2.30. The first-order valence-corrected chi connectivity index (χ1v) is 11.4. The fourth-order valence-corrected chi connectivity index (χ4v) is 5.23. The van der Waals surface area contributed by atoms with E-state index < -0.39 is 10.0 Å². The molecule has 29 heavy (non-hydrogen) atoms. The number of hydrogen-bond donors (Lipinski definition) is 0. The maximum atomic E-state index is 13.0. The SMILES string of the molecule is Cc1ccccc1CN(C)C(=O)c1ccc2c(c1)S(=O)(=O)N=C1CCCCCN12. The number of carbonyl (C=O) groups excluding carboxylic acids is 1. The van der Waals surface area contributed by atoms with Crippen LogP contribution in [0.4, 0.5) is 5.69 Å². The number of aryl methyl sites for hydroxylation is 1. The Bertz CT molecular complexity index is 1090. The number of amidine groups is 1. The zero-order valence-electron chi connectivity index (χ0n) is 16.8. The zero-order valence-corrected chi connectivity index (χ0v) is 17.6. The second-order valence-electron chi connectivity index (χ2n) is 7.72. The molecule has 2 aromatic carbocycles. The van der Waals surface area contributed by atoms with Gasteiger partial charge in [-0.1, -0.05) is 30.7 Å². The Balaban J connectivity index is 1.65. The van der Waals surface area contributed by atoms with E-state index in [0.29, 0.717) is 30.1 Å². The van der Waals surface area contributed by atoms with Gasteiger partial charge in [0.15, 0.2) is 0 Å². The van der Waals surface area contributed by atoms with Gasteiger partial charge in [-0.2, -0.15) is 8.42 Å². The van der Waals surface area contributed by atoms with Gasteiger partial charge < -0.3 is 9.80 Å². The summed E-state index contributed by atoms with van der Waals surface area (Å²) in [6.07, 6.45) is 3.67. The standard InChI is InChI=1S/C22H25N3O3S/c1-16-8-5-6-9-18(16)15-24(2)22(26)17-11-12-19-20(14-17)29(27,28)23-21-10-4-3-7-13-25(19)21/h5-6,8-9,11-12,14H,3-4,7,10,13,15H2,1-2H3. The molecular weight excluding hydrogens is 386 g/mol. The molecule has 0 radical (unpaired) electrons. The molecule has 0 atom stereocenters. The predicted molar refractivity (Wildman–Crippen MR) is 114 cm³/mol. The first kappa shape index (κ1) is 19.6. The minimum Gasteiger partial charge on any atom is -0.337 e. The van der Waals surface area contributed by atoms with E-state index in [1.54, 1.807) is 24.1 Å². The number of benzene rings is 2. The topological polar surface area (TPSA) is 70.0 Å². The van der Waals surface area contributed by atoms with Crippen LogP contribution in [0.3, 0.4) is 0 Å². The van der Waals surface area contributed by atoms with Crippen molar-refractivity contribution in [3.63, 3.8) is 0 Å². The third-order valence-corrected chi connectivity index (χ3v) is 6.94. The van der Waals surface area contributed by atoms with Gasteiger partial charge in [0.2, 0.25) is 0 Å². The molecule has 0 aliphatic carbocycles. The van der Waals surface area contributed by atoms with E-state index >= 15 is 0 Å². The highest BCUT2D eigenvalue weighted by Gasteiger charge is 2.32. The summed E-state index contributed by atoms with van der Waals surface area (Å²) in [5.41, 5.74) is 3.17. The Morgan fingerprint density at radius 3 is 2.72 bits per heavy atom. The fourth-order valence-electron chi connectivity index (χ4n) is 3.95. The van der Waals surface area contributed by atoms with Crippen LogP contribution >= 0.6 is 0 Å². The second-order valence-corrected chi connectivity index (χ2v) is 9.29. The van der Waals surface area contributed by atoms with Gasteiger partial charge >= 0.3 is 0 Å². The molecule has 0 bridgehead atoms. The average Bonchev–Trinajstić information content (AvgIpc) is 2.93. The number of anilines is 1. The Morgan fingerprint density at radius 2 is 1.93 bits per heavy atom. The molecule has 0 aromatic heterocycles. The summed E-state index contributed by atoms with van der Waals surface area (Å²) in [6, 6.07) is 12.9. The lowest BCUT2D eigenvalue weighted by atomic mass is 10.1. The quantitative estimate of drug-likeness (QED) is 0.771. The lowest BCUT2D eigenvalue weighted by molar-refractivity contribution is 0.0784. The van der Waals surface area contributed by atoms with Crippen LogP contribution in [0.15, 0.2) is 51.8 Å². The van der Waals surface area contributed by atoms with Crippen molar-refractivity contribution in [1.29, 1.82) is 0 Å². The van der Waals surface area contributed by atoms with Crippen molar-refractivity contribution < 1.29 is 13.2 Å². The van der Waals surface area contributed by atoms with Gasteiger partial charge in [-0.05, 0) is 49.1 Å². The lowest BCUT2D eigenvalue weighted by Crippen LogP contribution is -2.35. The first-order valence-electron chi connectivity index (χ1n) is 9.92. The monoisotopic (exact) mass is 411 g/mol. The zero-order chi connectivity index (χ0) is 20.6. The maximum absolute atomic E-state index is 13.0. The van der Waals surface area contributed by atoms with Gasteiger partial charge in [0, 0.05) is 32.1 Å². The molecule has 2 aliphatic rings. The summed E-state index contributed by atoms with van der Waals surface area (Å²) >= 11 is 0. The molecule has 2 heterocycles. The summed E-state index contributed by atoms with van der Waals surface area (Å²) in [6.45, 7) is 3.22. The highest BCUT2D eigenvalue weighted by atomic mass is 32.2. The molecule has 7 heteroatoms. The van der Waals surface area contributed by atoms with Crippen LogP contribution in [0.2, 0.25) is 0 Å². The van der Waals surface area contributed by atoms with Crippen molar-refractivity contribution in [2.75, 3.05) is 18.5 Å². The molecular formula is C22H25N3O3S. The minimum atomic E-state index is -3.80. The smallest absolute Gasteiger partial charge is 0.286 e. The van der Waals surface area contributed by atoms with Crippen molar-refractivity contribution in [3.8, 4) is 0 Å². The van der Waals surface area contributed by atoms with E-state index in [1.807, 2.05) is 36.1 Å². The molecule has 1 amide bonds. The van der Waals surface area contributed by atoms with E-state index in [9.17, 15) is 13.2 Å². The molecule has 0 saturated carbocycles. The summed E-state index contributed by atoms with van der Waals surface area (Å²) in [5.74, 6) is 0.405. The number of rotatable bonds is 3. The highest BCUT2D eigenvalue weighted by Crippen LogP contribution is 2.35. The first-order chi connectivity index (χ1) is 13.9. The molecule has 1 fully saturated rings. The van der Waals surface area contributed by atoms with E-state index in [2.05, 4.69) is 4.40 Å². The van der Waals surface area contributed by atoms with Crippen LogP contribution in [-0.2, 0) is 16.6 Å². The van der Waals surface area contributed by atoms with Crippen molar-refractivity contribution >= 4 is 27.5 Å². The molecule has 1 saturated heterocycles. The maximum Gasteiger partial charge on any atom is 0.286 e. The Morgan fingerprint density at radius 1 is 1.14 bits per heavy atom. The Kier molecular flexibility index (Phi) is 5.17. The van der Waals surface area contributed by atoms with E-state index in [4.69, 9.17) is 0 Å². The summed E-state index contributed by atoms with van der Waals surface area (Å²) < 4.78 is 29.6. The van der Waals surface area contributed by atoms with E-state index in [0.717, 1.165) is 36.9 Å². The van der Waals surface area contributed by atoms with Crippen molar-refractivity contribution in [2.24, 2.45) is 4.40 Å². The molecule has 2 aliphatic heterocycles. The van der Waals surface area contributed by atoms with E-state index in [1.165, 1.54) is 6.07 Å². The Hall–Kier alpha value is -2.67. The summed E-state index contributed by atoms with van der Waals surface area (Å²) in [4.78, 5) is 16.7. The molecule has 0 N–H and O–H groups in total. The fraction of sp³-hybridized carbons (Fsp3) is 0.364. The number of amides is 1. The normalized spacial score (nSPS) is 17.6. The third kappa shape index (κ3) is 3.79. The number of hydrogen-bond acceptors (Lipinski definition) is 4. The highest BCUT2D eigenvalue weighted by molar-refractivity contribution is 7.90. The van der Waals surface area contributed by atoms with Gasteiger partial charge in [0.1, 0.15) is 10.7 Å². The predicted octanol–water partition coefficient (Wildman–Crippen LogP) is 3.75. The van der Waals surface area contributed by atoms with Gasteiger partial charge in [-0.25, -0.2) is 0 Å². The van der Waals surface area contributed by atoms with Gasteiger partial charge in [-0.15, -0.1) is 4.40 Å². The van der Waals surface area contributed by atoms with Gasteiger partial charge in [-0.3, -0.25) is 4.79 Å². The van der Waals surface area contributed by atoms with Crippen molar-refractivity contribution in [3.05, 3.63) is 59.2 Å². The third-order valence-electron chi connectivity index (χ3n) is 5.61. The molecule has 2 aromatic rings. The molecule has 0 spiro atoms. The molecule has 0 unspecified atom stereocenters. The van der Waals surface area contributed by atoms with Crippen LogP contribution in [0.5, 0.6) is 0 Å². The number of nitrogens with zero attached hydrogens (tertiary/aromatic N) is 3. The van der Waals surface area contributed by atoms with Gasteiger partial charge in [0.05, 0.1) is 5.69 Å². The molecule has 152 valence electrons. The number of fused-ring (bicyclic) bond motifs is 3. The van der Waals surface area contributed by atoms with Crippen LogP contribution in [-0.4, -0.2) is 38.7 Å². The molecule has 6 nitrogen and oxygen atoms in total. The Labute approximate surface area is 171 Å². The van der Waals surface area contributed by atoms with Crippen molar-refractivity contribution in [2.45, 2.75) is 44.0 Å². The van der Waals surface area contributed by atoms with E-state index in [-0.39, 0.29) is 10.8 Å².